The molecule has 0 fully saturated rings. The third-order valence-corrected chi connectivity index (χ3v) is 3.87. The Bertz CT molecular complexity index is 610. The molecule has 0 spiro atoms. The number of hydrogen-bond acceptors (Lipinski definition) is 2. The van der Waals surface area contributed by atoms with Gasteiger partial charge in [-0.25, -0.2) is 0 Å². The highest BCUT2D eigenvalue weighted by Crippen LogP contribution is 2.26. The number of benzene rings is 2. The summed E-state index contributed by atoms with van der Waals surface area (Å²) in [6.07, 6.45) is 2.82. The minimum Gasteiger partial charge on any atom is -0.371 e. The quantitative estimate of drug-likeness (QED) is 0.930. The lowest BCUT2D eigenvalue weighted by Gasteiger charge is -2.31. The summed E-state index contributed by atoms with van der Waals surface area (Å²) >= 11 is 0. The molecule has 1 heterocycles. The first-order chi connectivity index (χ1) is 10.3. The fourth-order valence-corrected chi connectivity index (χ4v) is 2.83. The van der Waals surface area contributed by atoms with Crippen LogP contribution in [0.3, 0.4) is 0 Å². The highest BCUT2D eigenvalue weighted by molar-refractivity contribution is 5.91. The molecule has 0 aliphatic carbocycles. The first-order valence-corrected chi connectivity index (χ1v) is 7.51. The summed E-state index contributed by atoms with van der Waals surface area (Å²) in [7, 11) is 0. The highest BCUT2D eigenvalue weighted by atomic mass is 16.1. The largest absolute Gasteiger partial charge is 0.371 e. The topological polar surface area (TPSA) is 32.3 Å². The van der Waals surface area contributed by atoms with E-state index in [9.17, 15) is 4.79 Å². The molecule has 3 nitrogen and oxygen atoms in total. The van der Waals surface area contributed by atoms with Crippen molar-refractivity contribution in [1.82, 2.24) is 0 Å². The van der Waals surface area contributed by atoms with E-state index in [1.165, 1.54) is 11.3 Å². The Morgan fingerprint density at radius 1 is 1.05 bits per heavy atom. The smallest absolute Gasteiger partial charge is 0.226 e. The maximum Gasteiger partial charge on any atom is 0.226 e. The molecule has 108 valence electrons. The highest BCUT2D eigenvalue weighted by Gasteiger charge is 2.16. The van der Waals surface area contributed by atoms with Crippen molar-refractivity contribution >= 4 is 17.3 Å². The van der Waals surface area contributed by atoms with Gasteiger partial charge in [-0.2, -0.15) is 0 Å². The second kappa shape index (κ2) is 6.44. The van der Waals surface area contributed by atoms with Crippen molar-refractivity contribution in [3.05, 3.63) is 60.2 Å². The lowest BCUT2D eigenvalue weighted by atomic mass is 10.0. The van der Waals surface area contributed by atoms with Crippen LogP contribution in [0.25, 0.3) is 0 Å². The summed E-state index contributed by atoms with van der Waals surface area (Å²) in [4.78, 5) is 14.4. The molecule has 3 heteroatoms. The van der Waals surface area contributed by atoms with Crippen molar-refractivity contribution in [1.29, 1.82) is 0 Å². The normalized spacial score (nSPS) is 13.6. The van der Waals surface area contributed by atoms with Gasteiger partial charge >= 0.3 is 0 Å². The Hall–Kier alpha value is -2.29. The lowest BCUT2D eigenvalue weighted by Crippen LogP contribution is -2.32. The zero-order valence-electron chi connectivity index (χ0n) is 12.1. The number of para-hydroxylation sites is 2. The van der Waals surface area contributed by atoms with Gasteiger partial charge in [0, 0.05) is 30.9 Å². The summed E-state index contributed by atoms with van der Waals surface area (Å²) < 4.78 is 0. The summed E-state index contributed by atoms with van der Waals surface area (Å²) in [6.45, 7) is 1.81. The summed E-state index contributed by atoms with van der Waals surface area (Å²) in [5, 5.41) is 2.94. The number of anilines is 2. The lowest BCUT2D eigenvalue weighted by molar-refractivity contribution is -0.116. The molecule has 0 atom stereocenters. The number of nitrogens with zero attached hydrogens (tertiary/aromatic N) is 1. The number of rotatable bonds is 4. The fraction of sp³-hybridized carbons (Fsp3) is 0.278. The van der Waals surface area contributed by atoms with Crippen LogP contribution in [0.4, 0.5) is 11.4 Å². The molecule has 0 radical (unpaired) electrons. The van der Waals surface area contributed by atoms with Crippen LogP contribution in [-0.4, -0.2) is 19.0 Å². The molecule has 1 aliphatic rings. The van der Waals surface area contributed by atoms with Gasteiger partial charge in [-0.05, 0) is 36.6 Å². The van der Waals surface area contributed by atoms with Gasteiger partial charge in [0.25, 0.3) is 0 Å². The molecular formula is C18H20N2O. The number of aryl methyl sites for hydroxylation is 1. The molecule has 3 rings (SSSR count). The first-order valence-electron chi connectivity index (χ1n) is 7.51. The van der Waals surface area contributed by atoms with E-state index in [-0.39, 0.29) is 5.91 Å². The summed E-state index contributed by atoms with van der Waals surface area (Å²) in [5.41, 5.74) is 3.55. The molecule has 1 aliphatic heterocycles. The minimum absolute atomic E-state index is 0.0734. The SMILES string of the molecule is O=C(CCN1CCCc2ccccc21)Nc1ccccc1. The minimum atomic E-state index is 0.0734. The van der Waals surface area contributed by atoms with E-state index in [1.807, 2.05) is 30.3 Å². The van der Waals surface area contributed by atoms with Gasteiger partial charge in [-0.1, -0.05) is 36.4 Å². The van der Waals surface area contributed by atoms with E-state index in [0.717, 1.165) is 31.6 Å². The third kappa shape index (κ3) is 3.43. The third-order valence-electron chi connectivity index (χ3n) is 3.87. The Kier molecular flexibility index (Phi) is 4.20. The van der Waals surface area contributed by atoms with Gasteiger partial charge in [0.15, 0.2) is 0 Å². The zero-order valence-corrected chi connectivity index (χ0v) is 12.1. The van der Waals surface area contributed by atoms with Crippen LogP contribution in [-0.2, 0) is 11.2 Å². The number of nitrogens with one attached hydrogen (secondary N) is 1. The predicted octanol–water partition coefficient (Wildman–Crippen LogP) is 3.47. The van der Waals surface area contributed by atoms with Gasteiger partial charge in [-0.3, -0.25) is 4.79 Å². The monoisotopic (exact) mass is 280 g/mol. The van der Waals surface area contributed by atoms with Crippen LogP contribution in [0.5, 0.6) is 0 Å². The molecule has 21 heavy (non-hydrogen) atoms. The fourth-order valence-electron chi connectivity index (χ4n) is 2.83. The van der Waals surface area contributed by atoms with Crippen molar-refractivity contribution in [2.24, 2.45) is 0 Å². The van der Waals surface area contributed by atoms with Crippen LogP contribution < -0.4 is 10.2 Å². The average Bonchev–Trinajstić information content (AvgIpc) is 2.54. The number of fused-ring (bicyclic) bond motifs is 1. The van der Waals surface area contributed by atoms with Crippen molar-refractivity contribution in [3.63, 3.8) is 0 Å². The van der Waals surface area contributed by atoms with Gasteiger partial charge in [-0.15, -0.1) is 0 Å². The second-order valence-corrected chi connectivity index (χ2v) is 5.38. The van der Waals surface area contributed by atoms with Crippen LogP contribution in [0.15, 0.2) is 54.6 Å². The number of hydrogen-bond donors (Lipinski definition) is 1. The zero-order chi connectivity index (χ0) is 14.5. The van der Waals surface area contributed by atoms with E-state index in [1.54, 1.807) is 0 Å². The van der Waals surface area contributed by atoms with Crippen molar-refractivity contribution in [3.8, 4) is 0 Å². The van der Waals surface area contributed by atoms with Gasteiger partial charge < -0.3 is 10.2 Å². The van der Waals surface area contributed by atoms with Gasteiger partial charge in [0.1, 0.15) is 0 Å². The van der Waals surface area contributed by atoms with E-state index >= 15 is 0 Å². The van der Waals surface area contributed by atoms with Gasteiger partial charge in [0.05, 0.1) is 0 Å². The van der Waals surface area contributed by atoms with Crippen molar-refractivity contribution < 1.29 is 4.79 Å². The molecule has 1 N–H and O–H groups in total. The van der Waals surface area contributed by atoms with E-state index in [2.05, 4.69) is 34.5 Å². The Labute approximate surface area is 125 Å². The van der Waals surface area contributed by atoms with Gasteiger partial charge in [0.2, 0.25) is 5.91 Å². The Morgan fingerprint density at radius 3 is 2.67 bits per heavy atom. The number of amides is 1. The van der Waals surface area contributed by atoms with Crippen LogP contribution in [0, 0.1) is 0 Å². The van der Waals surface area contributed by atoms with Crippen LogP contribution >= 0.6 is 0 Å². The predicted molar refractivity (Wildman–Crippen MR) is 86.7 cm³/mol. The Balaban J connectivity index is 1.57. The van der Waals surface area contributed by atoms with Crippen LogP contribution in [0.1, 0.15) is 18.4 Å². The average molecular weight is 280 g/mol. The number of carbonyl (C=O) groups is 1. The van der Waals surface area contributed by atoms with E-state index in [4.69, 9.17) is 0 Å². The first kappa shape index (κ1) is 13.7. The molecular weight excluding hydrogens is 260 g/mol. The molecule has 0 saturated heterocycles. The molecule has 0 unspecified atom stereocenters. The van der Waals surface area contributed by atoms with E-state index in [0.29, 0.717) is 6.42 Å². The summed E-state index contributed by atoms with van der Waals surface area (Å²) in [6, 6.07) is 18.1. The molecule has 0 aromatic heterocycles. The maximum atomic E-state index is 12.0. The summed E-state index contributed by atoms with van der Waals surface area (Å²) in [5.74, 6) is 0.0734. The van der Waals surface area contributed by atoms with Crippen LogP contribution in [0.2, 0.25) is 0 Å². The standard InChI is InChI=1S/C18H20N2O/c21-18(19-16-9-2-1-3-10-16)12-14-20-13-6-8-15-7-4-5-11-17(15)20/h1-5,7,9-11H,6,8,12-14H2,(H,19,21). The molecule has 1 amide bonds. The van der Waals surface area contributed by atoms with Crippen molar-refractivity contribution in [2.75, 3.05) is 23.3 Å². The molecule has 2 aromatic carbocycles. The molecule has 0 saturated carbocycles. The Morgan fingerprint density at radius 2 is 1.81 bits per heavy atom. The molecule has 2 aromatic rings. The second-order valence-electron chi connectivity index (χ2n) is 5.38. The maximum absolute atomic E-state index is 12.0. The van der Waals surface area contributed by atoms with E-state index < -0.39 is 0 Å². The molecule has 0 bridgehead atoms. The number of carbonyl (C=O) groups excluding carboxylic acids is 1. The van der Waals surface area contributed by atoms with Crippen molar-refractivity contribution in [2.45, 2.75) is 19.3 Å².